The van der Waals surface area contributed by atoms with Gasteiger partial charge in [-0.2, -0.15) is 13.2 Å². The standard InChI is InChI=1S/C18H21F3N2/c1-4-10-17(2,3)23-16-9-8-14(12-22-16)13-6-5-7-15(11-13)18(19,20)21/h5-9,11-12H,4,10H2,1-3H3,(H,22,23). The number of anilines is 1. The van der Waals surface area contributed by atoms with E-state index in [-0.39, 0.29) is 5.54 Å². The number of hydrogen-bond donors (Lipinski definition) is 1. The summed E-state index contributed by atoms with van der Waals surface area (Å²) in [5, 5.41) is 3.34. The lowest BCUT2D eigenvalue weighted by Gasteiger charge is -2.26. The van der Waals surface area contributed by atoms with Crippen LogP contribution in [0.4, 0.5) is 19.0 Å². The van der Waals surface area contributed by atoms with E-state index in [9.17, 15) is 13.2 Å². The van der Waals surface area contributed by atoms with Crippen molar-refractivity contribution in [2.75, 3.05) is 5.32 Å². The summed E-state index contributed by atoms with van der Waals surface area (Å²) < 4.78 is 38.3. The molecule has 124 valence electrons. The van der Waals surface area contributed by atoms with Crippen molar-refractivity contribution in [2.45, 2.75) is 45.3 Å². The molecule has 23 heavy (non-hydrogen) atoms. The lowest BCUT2D eigenvalue weighted by atomic mass is 9.99. The molecule has 0 saturated carbocycles. The Kier molecular flexibility index (Phi) is 4.97. The van der Waals surface area contributed by atoms with Gasteiger partial charge in [0.05, 0.1) is 5.56 Å². The van der Waals surface area contributed by atoms with Crippen molar-refractivity contribution < 1.29 is 13.2 Å². The first-order chi connectivity index (χ1) is 10.7. The Hall–Kier alpha value is -2.04. The SMILES string of the molecule is CCCC(C)(C)Nc1ccc(-c2cccc(C(F)(F)F)c2)cn1. The monoisotopic (exact) mass is 322 g/mol. The summed E-state index contributed by atoms with van der Waals surface area (Å²) >= 11 is 0. The number of alkyl halides is 3. The molecule has 0 aliphatic heterocycles. The first kappa shape index (κ1) is 17.3. The van der Waals surface area contributed by atoms with Gasteiger partial charge in [-0.05, 0) is 50.1 Å². The molecule has 1 heterocycles. The Bertz CT molecular complexity index is 646. The molecular formula is C18H21F3N2. The van der Waals surface area contributed by atoms with Crippen molar-refractivity contribution in [3.05, 3.63) is 48.2 Å². The Labute approximate surface area is 134 Å². The van der Waals surface area contributed by atoms with Crippen molar-refractivity contribution in [1.82, 2.24) is 4.98 Å². The van der Waals surface area contributed by atoms with E-state index in [1.165, 1.54) is 6.07 Å². The fourth-order valence-electron chi connectivity index (χ4n) is 2.55. The Morgan fingerprint density at radius 1 is 1.04 bits per heavy atom. The van der Waals surface area contributed by atoms with Crippen LogP contribution in [0.5, 0.6) is 0 Å². The minimum Gasteiger partial charge on any atom is -0.365 e. The summed E-state index contributed by atoms with van der Waals surface area (Å²) in [4.78, 5) is 4.32. The number of nitrogens with one attached hydrogen (secondary N) is 1. The van der Waals surface area contributed by atoms with Gasteiger partial charge in [-0.25, -0.2) is 4.98 Å². The van der Waals surface area contributed by atoms with Gasteiger partial charge in [0.25, 0.3) is 0 Å². The molecule has 0 atom stereocenters. The van der Waals surface area contributed by atoms with E-state index in [2.05, 4.69) is 31.1 Å². The Balaban J connectivity index is 2.20. The fraction of sp³-hybridized carbons (Fsp3) is 0.389. The summed E-state index contributed by atoms with van der Waals surface area (Å²) in [5.74, 6) is 0.721. The third-order valence-corrected chi connectivity index (χ3v) is 3.63. The number of hydrogen-bond acceptors (Lipinski definition) is 2. The summed E-state index contributed by atoms with van der Waals surface area (Å²) in [5.41, 5.74) is 0.447. The van der Waals surface area contributed by atoms with Gasteiger partial charge in [-0.1, -0.05) is 25.5 Å². The first-order valence-electron chi connectivity index (χ1n) is 7.63. The maximum Gasteiger partial charge on any atom is 0.416 e. The molecule has 0 aliphatic rings. The van der Waals surface area contributed by atoms with E-state index in [0.29, 0.717) is 11.1 Å². The number of pyridine rings is 1. The minimum atomic E-state index is -4.34. The molecule has 0 radical (unpaired) electrons. The van der Waals surface area contributed by atoms with Crippen LogP contribution in [0.15, 0.2) is 42.6 Å². The van der Waals surface area contributed by atoms with Gasteiger partial charge >= 0.3 is 6.18 Å². The highest BCUT2D eigenvalue weighted by Gasteiger charge is 2.30. The minimum absolute atomic E-state index is 0.0700. The third kappa shape index (κ3) is 4.71. The molecule has 2 rings (SSSR count). The number of aromatic nitrogens is 1. The molecule has 5 heteroatoms. The molecule has 1 N–H and O–H groups in total. The molecule has 1 aromatic carbocycles. The number of nitrogens with zero attached hydrogens (tertiary/aromatic N) is 1. The molecule has 0 fully saturated rings. The van der Waals surface area contributed by atoms with E-state index >= 15 is 0 Å². The number of halogens is 3. The summed E-state index contributed by atoms with van der Waals surface area (Å²) in [6.07, 6.45) is -0.679. The highest BCUT2D eigenvalue weighted by molar-refractivity contribution is 5.64. The number of rotatable bonds is 5. The van der Waals surface area contributed by atoms with Crippen molar-refractivity contribution in [3.63, 3.8) is 0 Å². The zero-order valence-electron chi connectivity index (χ0n) is 13.5. The van der Waals surface area contributed by atoms with E-state index in [1.54, 1.807) is 24.4 Å². The molecule has 1 aromatic heterocycles. The van der Waals surface area contributed by atoms with E-state index in [1.807, 2.05) is 0 Å². The van der Waals surface area contributed by atoms with Gasteiger partial charge in [-0.3, -0.25) is 0 Å². The molecule has 2 nitrogen and oxygen atoms in total. The Morgan fingerprint density at radius 3 is 2.35 bits per heavy atom. The lowest BCUT2D eigenvalue weighted by molar-refractivity contribution is -0.137. The summed E-state index contributed by atoms with van der Waals surface area (Å²) in [7, 11) is 0. The van der Waals surface area contributed by atoms with Crippen LogP contribution in [-0.4, -0.2) is 10.5 Å². The fourth-order valence-corrected chi connectivity index (χ4v) is 2.55. The second kappa shape index (κ2) is 6.60. The van der Waals surface area contributed by atoms with Crippen LogP contribution in [-0.2, 0) is 6.18 Å². The van der Waals surface area contributed by atoms with Crippen LogP contribution < -0.4 is 5.32 Å². The van der Waals surface area contributed by atoms with Gasteiger partial charge in [0.1, 0.15) is 5.82 Å². The van der Waals surface area contributed by atoms with Crippen molar-refractivity contribution >= 4 is 5.82 Å². The predicted molar refractivity (Wildman–Crippen MR) is 87.3 cm³/mol. The summed E-state index contributed by atoms with van der Waals surface area (Å²) in [6, 6.07) is 8.86. The molecule has 0 aliphatic carbocycles. The normalized spacial score (nSPS) is 12.3. The Morgan fingerprint density at radius 2 is 1.78 bits per heavy atom. The van der Waals surface area contributed by atoms with E-state index in [0.717, 1.165) is 30.8 Å². The third-order valence-electron chi connectivity index (χ3n) is 3.63. The quantitative estimate of drug-likeness (QED) is 0.757. The smallest absolute Gasteiger partial charge is 0.365 e. The van der Waals surface area contributed by atoms with Crippen LogP contribution in [0.25, 0.3) is 11.1 Å². The van der Waals surface area contributed by atoms with Crippen LogP contribution in [0, 0.1) is 0 Å². The average Bonchev–Trinajstić information content (AvgIpc) is 2.47. The molecule has 0 unspecified atom stereocenters. The van der Waals surface area contributed by atoms with Crippen molar-refractivity contribution in [3.8, 4) is 11.1 Å². The zero-order valence-corrected chi connectivity index (χ0v) is 13.5. The lowest BCUT2D eigenvalue weighted by Crippen LogP contribution is -2.30. The maximum atomic E-state index is 12.8. The van der Waals surface area contributed by atoms with Gasteiger partial charge < -0.3 is 5.32 Å². The van der Waals surface area contributed by atoms with Crippen LogP contribution in [0.2, 0.25) is 0 Å². The zero-order chi connectivity index (χ0) is 17.1. The average molecular weight is 322 g/mol. The van der Waals surface area contributed by atoms with Crippen LogP contribution in [0.1, 0.15) is 39.2 Å². The topological polar surface area (TPSA) is 24.9 Å². The maximum absolute atomic E-state index is 12.8. The van der Waals surface area contributed by atoms with Gasteiger partial charge in [-0.15, -0.1) is 0 Å². The molecule has 0 amide bonds. The second-order valence-corrected chi connectivity index (χ2v) is 6.27. The molecular weight excluding hydrogens is 301 g/mol. The molecule has 0 spiro atoms. The first-order valence-corrected chi connectivity index (χ1v) is 7.63. The van der Waals surface area contributed by atoms with Crippen LogP contribution in [0.3, 0.4) is 0 Å². The van der Waals surface area contributed by atoms with Gasteiger partial charge in [0.15, 0.2) is 0 Å². The highest BCUT2D eigenvalue weighted by Crippen LogP contribution is 2.32. The second-order valence-electron chi connectivity index (χ2n) is 6.27. The highest BCUT2D eigenvalue weighted by atomic mass is 19.4. The van der Waals surface area contributed by atoms with E-state index < -0.39 is 11.7 Å². The molecule has 0 saturated heterocycles. The molecule has 0 bridgehead atoms. The van der Waals surface area contributed by atoms with Gasteiger partial charge in [0, 0.05) is 17.3 Å². The largest absolute Gasteiger partial charge is 0.416 e. The van der Waals surface area contributed by atoms with Crippen molar-refractivity contribution in [2.24, 2.45) is 0 Å². The van der Waals surface area contributed by atoms with Crippen LogP contribution >= 0.6 is 0 Å². The van der Waals surface area contributed by atoms with Crippen molar-refractivity contribution in [1.29, 1.82) is 0 Å². The van der Waals surface area contributed by atoms with E-state index in [4.69, 9.17) is 0 Å². The number of benzene rings is 1. The van der Waals surface area contributed by atoms with Gasteiger partial charge in [0.2, 0.25) is 0 Å². The molecule has 2 aromatic rings. The predicted octanol–water partition coefficient (Wildman–Crippen LogP) is 5.76. The summed E-state index contributed by atoms with van der Waals surface area (Å²) in [6.45, 7) is 6.31.